The van der Waals surface area contributed by atoms with Crippen molar-refractivity contribution >= 4 is 17.3 Å². The summed E-state index contributed by atoms with van der Waals surface area (Å²) < 4.78 is 18.2. The lowest BCUT2D eigenvalue weighted by atomic mass is 10.1. The molecule has 0 aromatic heterocycles. The summed E-state index contributed by atoms with van der Waals surface area (Å²) in [5, 5.41) is 5.72. The highest BCUT2D eigenvalue weighted by atomic mass is 19.1. The van der Waals surface area contributed by atoms with Crippen molar-refractivity contribution in [3.63, 3.8) is 0 Å². The summed E-state index contributed by atoms with van der Waals surface area (Å²) in [6.45, 7) is 1.95. The predicted molar refractivity (Wildman–Crippen MR) is 81.6 cm³/mol. The zero-order chi connectivity index (χ0) is 15.4. The Hall–Kier alpha value is -2.56. The van der Waals surface area contributed by atoms with Crippen LogP contribution in [0, 0.1) is 12.7 Å². The normalized spacial score (nSPS) is 10.1. The van der Waals surface area contributed by atoms with Crippen LogP contribution in [0.25, 0.3) is 0 Å². The summed E-state index contributed by atoms with van der Waals surface area (Å²) in [5.74, 6) is -0.429. The van der Waals surface area contributed by atoms with E-state index < -0.39 is 5.82 Å². The van der Waals surface area contributed by atoms with Gasteiger partial charge in [0.25, 0.3) is 5.91 Å². The molecule has 0 aliphatic rings. The molecule has 21 heavy (non-hydrogen) atoms. The summed E-state index contributed by atoms with van der Waals surface area (Å²) in [6.07, 6.45) is 0. The molecule has 0 spiro atoms. The maximum atomic E-state index is 13.2. The number of methoxy groups -OCH3 is 1. The van der Waals surface area contributed by atoms with Crippen LogP contribution in [-0.2, 0) is 0 Å². The van der Waals surface area contributed by atoms with Crippen LogP contribution in [0.3, 0.4) is 0 Å². The van der Waals surface area contributed by atoms with E-state index in [4.69, 9.17) is 4.74 Å². The van der Waals surface area contributed by atoms with E-state index in [9.17, 15) is 9.18 Å². The van der Waals surface area contributed by atoms with E-state index in [1.807, 2.05) is 19.1 Å². The molecule has 0 radical (unpaired) electrons. The maximum absolute atomic E-state index is 13.2. The number of carbonyl (C=O) groups is 1. The Morgan fingerprint density at radius 2 is 1.90 bits per heavy atom. The number of anilines is 2. The first kappa shape index (κ1) is 14.8. The first-order chi connectivity index (χ1) is 10.0. The molecule has 2 aromatic rings. The minimum absolute atomic E-state index is 0.279. The summed E-state index contributed by atoms with van der Waals surface area (Å²) in [4.78, 5) is 12.4. The van der Waals surface area contributed by atoms with Gasteiger partial charge in [0.05, 0.1) is 18.4 Å². The second kappa shape index (κ2) is 6.26. The predicted octanol–water partition coefficient (Wildman–Crippen LogP) is 3.44. The van der Waals surface area contributed by atoms with Gasteiger partial charge in [-0.3, -0.25) is 4.79 Å². The van der Waals surface area contributed by atoms with Crippen LogP contribution in [0.4, 0.5) is 15.8 Å². The number of benzene rings is 2. The van der Waals surface area contributed by atoms with Gasteiger partial charge in [0.15, 0.2) is 0 Å². The number of carbonyl (C=O) groups excluding carboxylic acids is 1. The highest BCUT2D eigenvalue weighted by molar-refractivity contribution is 6.08. The van der Waals surface area contributed by atoms with Gasteiger partial charge < -0.3 is 15.4 Å². The fourth-order valence-electron chi connectivity index (χ4n) is 2.02. The van der Waals surface area contributed by atoms with Crippen molar-refractivity contribution in [1.29, 1.82) is 0 Å². The van der Waals surface area contributed by atoms with Crippen LogP contribution in [-0.4, -0.2) is 20.1 Å². The molecular weight excluding hydrogens is 271 g/mol. The van der Waals surface area contributed by atoms with Crippen molar-refractivity contribution in [3.8, 4) is 5.75 Å². The van der Waals surface area contributed by atoms with Crippen LogP contribution >= 0.6 is 0 Å². The molecule has 0 fully saturated rings. The zero-order valence-corrected chi connectivity index (χ0v) is 12.2. The molecular formula is C16H17FN2O2. The molecule has 0 heterocycles. The molecule has 0 bridgehead atoms. The van der Waals surface area contributed by atoms with E-state index in [1.165, 1.54) is 25.3 Å². The summed E-state index contributed by atoms with van der Waals surface area (Å²) in [6, 6.07) is 9.45. The number of amides is 1. The molecule has 0 atom stereocenters. The maximum Gasteiger partial charge on any atom is 0.257 e. The number of rotatable bonds is 4. The molecule has 2 aromatic carbocycles. The molecule has 0 unspecified atom stereocenters. The van der Waals surface area contributed by atoms with E-state index in [2.05, 4.69) is 10.6 Å². The van der Waals surface area contributed by atoms with Crippen LogP contribution < -0.4 is 15.4 Å². The van der Waals surface area contributed by atoms with Gasteiger partial charge in [0, 0.05) is 18.8 Å². The molecule has 0 aliphatic heterocycles. The average Bonchev–Trinajstić information content (AvgIpc) is 2.48. The molecule has 4 nitrogen and oxygen atoms in total. The lowest BCUT2D eigenvalue weighted by molar-refractivity contribution is 0.102. The van der Waals surface area contributed by atoms with Gasteiger partial charge in [-0.2, -0.15) is 0 Å². The lowest BCUT2D eigenvalue weighted by Gasteiger charge is -2.13. The number of aryl methyl sites for hydroxylation is 1. The lowest BCUT2D eigenvalue weighted by Crippen LogP contribution is -2.14. The highest BCUT2D eigenvalue weighted by Crippen LogP contribution is 2.26. The van der Waals surface area contributed by atoms with Crippen molar-refractivity contribution in [1.82, 2.24) is 0 Å². The van der Waals surface area contributed by atoms with Gasteiger partial charge in [-0.05, 0) is 36.8 Å². The van der Waals surface area contributed by atoms with Gasteiger partial charge in [0.2, 0.25) is 0 Å². The molecule has 0 aliphatic carbocycles. The molecule has 1 amide bonds. The van der Waals surface area contributed by atoms with Crippen molar-refractivity contribution in [3.05, 3.63) is 53.3 Å². The van der Waals surface area contributed by atoms with Crippen LogP contribution in [0.15, 0.2) is 36.4 Å². The number of nitrogens with one attached hydrogen (secondary N) is 2. The van der Waals surface area contributed by atoms with Crippen molar-refractivity contribution in [2.24, 2.45) is 0 Å². The molecule has 110 valence electrons. The monoisotopic (exact) mass is 288 g/mol. The Labute approximate surface area is 122 Å². The minimum atomic E-state index is -0.420. The quantitative estimate of drug-likeness (QED) is 0.906. The molecule has 5 heteroatoms. The summed E-state index contributed by atoms with van der Waals surface area (Å²) in [5.41, 5.74) is 2.71. The first-order valence-electron chi connectivity index (χ1n) is 6.48. The van der Waals surface area contributed by atoms with Gasteiger partial charge >= 0.3 is 0 Å². The van der Waals surface area contributed by atoms with Crippen molar-refractivity contribution in [2.45, 2.75) is 6.92 Å². The Balaban J connectivity index is 2.30. The van der Waals surface area contributed by atoms with Gasteiger partial charge in [-0.15, -0.1) is 0 Å². The summed E-state index contributed by atoms with van der Waals surface area (Å²) >= 11 is 0. The molecule has 0 saturated carbocycles. The van der Waals surface area contributed by atoms with E-state index in [1.54, 1.807) is 13.1 Å². The first-order valence-corrected chi connectivity index (χ1v) is 6.48. The van der Waals surface area contributed by atoms with Crippen molar-refractivity contribution < 1.29 is 13.9 Å². The van der Waals surface area contributed by atoms with E-state index in [0.717, 1.165) is 11.3 Å². The topological polar surface area (TPSA) is 50.4 Å². The third-order valence-corrected chi connectivity index (χ3v) is 3.10. The number of hydrogen-bond acceptors (Lipinski definition) is 3. The Morgan fingerprint density at radius 3 is 2.57 bits per heavy atom. The highest BCUT2D eigenvalue weighted by Gasteiger charge is 2.13. The van der Waals surface area contributed by atoms with Crippen LogP contribution in [0.2, 0.25) is 0 Å². The van der Waals surface area contributed by atoms with Gasteiger partial charge in [-0.25, -0.2) is 4.39 Å². The van der Waals surface area contributed by atoms with E-state index >= 15 is 0 Å². The van der Waals surface area contributed by atoms with Crippen molar-refractivity contribution in [2.75, 3.05) is 24.8 Å². The molecule has 2 N–H and O–H groups in total. The van der Waals surface area contributed by atoms with Crippen LogP contribution in [0.5, 0.6) is 5.75 Å². The fraction of sp³-hybridized carbons (Fsp3) is 0.188. The molecule has 2 rings (SSSR count). The van der Waals surface area contributed by atoms with Gasteiger partial charge in [-0.1, -0.05) is 6.07 Å². The van der Waals surface area contributed by atoms with E-state index in [-0.39, 0.29) is 11.7 Å². The summed E-state index contributed by atoms with van der Waals surface area (Å²) in [7, 11) is 3.18. The Morgan fingerprint density at radius 1 is 1.14 bits per heavy atom. The Kier molecular flexibility index (Phi) is 4.42. The largest absolute Gasteiger partial charge is 0.494 e. The second-order valence-corrected chi connectivity index (χ2v) is 4.60. The fourth-order valence-corrected chi connectivity index (χ4v) is 2.02. The SMILES string of the molecule is CNc1cc(C)ccc1C(=O)Nc1ccc(F)cc1OC. The Bertz CT molecular complexity index is 671. The number of ether oxygens (including phenoxy) is 1. The number of hydrogen-bond donors (Lipinski definition) is 2. The minimum Gasteiger partial charge on any atom is -0.494 e. The third-order valence-electron chi connectivity index (χ3n) is 3.10. The molecule has 0 saturated heterocycles. The smallest absolute Gasteiger partial charge is 0.257 e. The number of halogens is 1. The average molecular weight is 288 g/mol. The van der Waals surface area contributed by atoms with Crippen LogP contribution in [0.1, 0.15) is 15.9 Å². The van der Waals surface area contributed by atoms with E-state index in [0.29, 0.717) is 11.3 Å². The zero-order valence-electron chi connectivity index (χ0n) is 12.2. The van der Waals surface area contributed by atoms with Gasteiger partial charge in [0.1, 0.15) is 11.6 Å². The second-order valence-electron chi connectivity index (χ2n) is 4.60. The standard InChI is InChI=1S/C16H17FN2O2/c1-10-4-6-12(14(8-10)18-2)16(20)19-13-7-5-11(17)9-15(13)21-3/h4-9,18H,1-3H3,(H,19,20). The third kappa shape index (κ3) is 3.31.